The van der Waals surface area contributed by atoms with Gasteiger partial charge >= 0.3 is 0 Å². The Morgan fingerprint density at radius 2 is 1.86 bits per heavy atom. The summed E-state index contributed by atoms with van der Waals surface area (Å²) in [5.41, 5.74) is 6.05. The van der Waals surface area contributed by atoms with Crippen molar-refractivity contribution in [2.24, 2.45) is 0 Å². The molecule has 1 aliphatic heterocycles. The van der Waals surface area contributed by atoms with Crippen molar-refractivity contribution in [3.05, 3.63) is 47.0 Å². The van der Waals surface area contributed by atoms with Gasteiger partial charge in [-0.05, 0) is 77.9 Å². The standard InChI is InChI=1S/C19H21NO2/c1-2-6-20-7-5-13-8-15(22)11-17-16-10-14(21)4-3-12(16)9-18(20)19(13)17/h3-4,8,10-11,18,21-22H,2,5-7,9H2,1H3/t18-/m1/s1. The van der Waals surface area contributed by atoms with E-state index in [2.05, 4.69) is 11.8 Å². The Labute approximate surface area is 130 Å². The summed E-state index contributed by atoms with van der Waals surface area (Å²) in [6.07, 6.45) is 3.13. The van der Waals surface area contributed by atoms with Crippen LogP contribution in [0, 0.1) is 0 Å². The quantitative estimate of drug-likeness (QED) is 0.889. The number of aromatic hydroxyl groups is 2. The van der Waals surface area contributed by atoms with Crippen molar-refractivity contribution in [2.75, 3.05) is 13.1 Å². The lowest BCUT2D eigenvalue weighted by Crippen LogP contribution is -2.38. The number of rotatable bonds is 2. The molecule has 0 fully saturated rings. The summed E-state index contributed by atoms with van der Waals surface area (Å²) < 4.78 is 0. The lowest BCUT2D eigenvalue weighted by molar-refractivity contribution is 0.183. The first-order valence-corrected chi connectivity index (χ1v) is 8.09. The molecular formula is C19H21NO2. The SMILES string of the molecule is CCCN1CCc2cc(O)cc3c2[C@H]1Cc1ccc(O)cc1-3. The third-order valence-corrected chi connectivity index (χ3v) is 5.00. The van der Waals surface area contributed by atoms with Gasteiger partial charge in [-0.25, -0.2) is 0 Å². The van der Waals surface area contributed by atoms with Crippen molar-refractivity contribution in [3.63, 3.8) is 0 Å². The van der Waals surface area contributed by atoms with Crippen LogP contribution in [0.2, 0.25) is 0 Å². The highest BCUT2D eigenvalue weighted by Crippen LogP contribution is 2.47. The van der Waals surface area contributed by atoms with Crippen molar-refractivity contribution in [1.29, 1.82) is 0 Å². The topological polar surface area (TPSA) is 43.7 Å². The summed E-state index contributed by atoms with van der Waals surface area (Å²) in [6, 6.07) is 9.80. The number of nitrogens with zero attached hydrogens (tertiary/aromatic N) is 1. The minimum atomic E-state index is 0.288. The predicted octanol–water partition coefficient (Wildman–Crippen LogP) is 3.63. The van der Waals surface area contributed by atoms with Gasteiger partial charge in [-0.15, -0.1) is 0 Å². The Morgan fingerprint density at radius 1 is 1.05 bits per heavy atom. The molecule has 0 aromatic heterocycles. The van der Waals surface area contributed by atoms with Crippen LogP contribution < -0.4 is 0 Å². The van der Waals surface area contributed by atoms with Crippen LogP contribution in [0.1, 0.15) is 36.1 Å². The molecule has 2 N–H and O–H groups in total. The monoisotopic (exact) mass is 295 g/mol. The minimum Gasteiger partial charge on any atom is -0.508 e. The first-order chi connectivity index (χ1) is 10.7. The maximum atomic E-state index is 10.1. The predicted molar refractivity (Wildman–Crippen MR) is 87.2 cm³/mol. The van der Waals surface area contributed by atoms with Gasteiger partial charge in [0.05, 0.1) is 0 Å². The van der Waals surface area contributed by atoms with E-state index < -0.39 is 0 Å². The summed E-state index contributed by atoms with van der Waals surface area (Å²) >= 11 is 0. The van der Waals surface area contributed by atoms with Gasteiger partial charge in [0.25, 0.3) is 0 Å². The van der Waals surface area contributed by atoms with Gasteiger partial charge in [0.15, 0.2) is 0 Å². The molecule has 2 aliphatic rings. The van der Waals surface area contributed by atoms with Gasteiger partial charge in [-0.2, -0.15) is 0 Å². The maximum Gasteiger partial charge on any atom is 0.116 e. The van der Waals surface area contributed by atoms with E-state index in [-0.39, 0.29) is 5.75 Å². The number of benzene rings is 2. The Balaban J connectivity index is 1.94. The molecule has 0 saturated heterocycles. The van der Waals surface area contributed by atoms with E-state index in [1.54, 1.807) is 6.07 Å². The van der Waals surface area contributed by atoms with Crippen LogP contribution >= 0.6 is 0 Å². The first-order valence-electron chi connectivity index (χ1n) is 8.09. The molecule has 114 valence electrons. The van der Waals surface area contributed by atoms with E-state index in [4.69, 9.17) is 0 Å². The van der Waals surface area contributed by atoms with Crippen molar-refractivity contribution >= 4 is 0 Å². The Morgan fingerprint density at radius 3 is 2.68 bits per heavy atom. The van der Waals surface area contributed by atoms with Crippen molar-refractivity contribution in [3.8, 4) is 22.6 Å². The normalized spacial score (nSPS) is 19.6. The van der Waals surface area contributed by atoms with E-state index in [1.165, 1.54) is 16.7 Å². The molecule has 4 rings (SSSR count). The van der Waals surface area contributed by atoms with Crippen molar-refractivity contribution in [2.45, 2.75) is 32.2 Å². The minimum absolute atomic E-state index is 0.288. The van der Waals surface area contributed by atoms with Crippen molar-refractivity contribution in [1.82, 2.24) is 4.90 Å². The van der Waals surface area contributed by atoms with E-state index >= 15 is 0 Å². The van der Waals surface area contributed by atoms with Gasteiger partial charge < -0.3 is 10.2 Å². The van der Waals surface area contributed by atoms with Gasteiger partial charge in [-0.1, -0.05) is 13.0 Å². The third-order valence-electron chi connectivity index (χ3n) is 5.00. The number of hydrogen-bond donors (Lipinski definition) is 2. The molecule has 3 nitrogen and oxygen atoms in total. The molecule has 1 heterocycles. The molecule has 0 bridgehead atoms. The summed E-state index contributed by atoms with van der Waals surface area (Å²) in [7, 11) is 0. The highest BCUT2D eigenvalue weighted by molar-refractivity contribution is 5.78. The molecule has 22 heavy (non-hydrogen) atoms. The lowest BCUT2D eigenvalue weighted by atomic mass is 9.77. The van der Waals surface area contributed by atoms with Gasteiger partial charge in [-0.3, -0.25) is 4.90 Å². The second-order valence-corrected chi connectivity index (χ2v) is 6.41. The van der Waals surface area contributed by atoms with Crippen LogP contribution in [0.5, 0.6) is 11.5 Å². The van der Waals surface area contributed by atoms with Crippen LogP contribution in [0.15, 0.2) is 30.3 Å². The van der Waals surface area contributed by atoms with Crippen LogP contribution in [0.3, 0.4) is 0 Å². The molecular weight excluding hydrogens is 274 g/mol. The molecule has 0 unspecified atom stereocenters. The first kappa shape index (κ1) is 13.6. The van der Waals surface area contributed by atoms with Gasteiger partial charge in [0, 0.05) is 12.6 Å². The van der Waals surface area contributed by atoms with Gasteiger partial charge in [0.2, 0.25) is 0 Å². The van der Waals surface area contributed by atoms with Crippen LogP contribution in [-0.2, 0) is 12.8 Å². The Hall–Kier alpha value is -2.00. The molecule has 0 saturated carbocycles. The fourth-order valence-electron chi connectivity index (χ4n) is 4.11. The Kier molecular flexibility index (Phi) is 3.12. The van der Waals surface area contributed by atoms with E-state index in [0.717, 1.165) is 43.5 Å². The fourth-order valence-corrected chi connectivity index (χ4v) is 4.11. The molecule has 3 heteroatoms. The summed E-state index contributed by atoms with van der Waals surface area (Å²) in [6.45, 7) is 4.39. The summed E-state index contributed by atoms with van der Waals surface area (Å²) in [5, 5.41) is 20.0. The molecule has 2 aromatic carbocycles. The molecule has 0 spiro atoms. The number of fused-ring (bicyclic) bond motifs is 2. The van der Waals surface area contributed by atoms with Crippen LogP contribution in [0.25, 0.3) is 11.1 Å². The zero-order valence-corrected chi connectivity index (χ0v) is 12.8. The molecule has 1 aliphatic carbocycles. The lowest BCUT2D eigenvalue weighted by Gasteiger charge is -2.41. The molecule has 0 radical (unpaired) electrons. The van der Waals surface area contributed by atoms with E-state index in [0.29, 0.717) is 11.8 Å². The number of hydrogen-bond acceptors (Lipinski definition) is 3. The zero-order chi connectivity index (χ0) is 15.3. The zero-order valence-electron chi connectivity index (χ0n) is 12.8. The highest BCUT2D eigenvalue weighted by Gasteiger charge is 2.34. The number of phenolic OH excluding ortho intramolecular Hbond substituents is 2. The Bertz CT molecular complexity index is 738. The number of phenols is 2. The van der Waals surface area contributed by atoms with Gasteiger partial charge in [0.1, 0.15) is 11.5 Å². The van der Waals surface area contributed by atoms with Crippen LogP contribution in [0.4, 0.5) is 0 Å². The average Bonchev–Trinajstić information content (AvgIpc) is 2.50. The third kappa shape index (κ3) is 2.00. The maximum absolute atomic E-state index is 10.1. The van der Waals surface area contributed by atoms with E-state index in [1.807, 2.05) is 24.3 Å². The second-order valence-electron chi connectivity index (χ2n) is 6.41. The summed E-state index contributed by atoms with van der Waals surface area (Å²) in [5.74, 6) is 0.614. The largest absolute Gasteiger partial charge is 0.508 e. The smallest absolute Gasteiger partial charge is 0.116 e. The van der Waals surface area contributed by atoms with E-state index in [9.17, 15) is 10.2 Å². The highest BCUT2D eigenvalue weighted by atomic mass is 16.3. The van der Waals surface area contributed by atoms with Crippen LogP contribution in [-0.4, -0.2) is 28.2 Å². The van der Waals surface area contributed by atoms with Crippen molar-refractivity contribution < 1.29 is 10.2 Å². The molecule has 1 atom stereocenters. The molecule has 0 amide bonds. The average molecular weight is 295 g/mol. The fraction of sp³-hybridized carbons (Fsp3) is 0.368. The molecule has 2 aromatic rings. The summed E-state index contributed by atoms with van der Waals surface area (Å²) in [4.78, 5) is 2.57. The second kappa shape index (κ2) is 5.03.